The molecule has 2 atom stereocenters. The Morgan fingerprint density at radius 3 is 1.90 bits per heavy atom. The SMILES string of the molecule is CC1CCCCC1CCC1CCC(C2CCCC2)CC1. The third-order valence-electron chi connectivity index (χ3n) is 7.19. The minimum atomic E-state index is 1.03. The monoisotopic (exact) mass is 276 g/mol. The lowest BCUT2D eigenvalue weighted by molar-refractivity contribution is 0.175. The molecule has 0 bridgehead atoms. The second-order valence-corrected chi connectivity index (χ2v) is 8.42. The van der Waals surface area contributed by atoms with Crippen LogP contribution >= 0.6 is 0 Å². The number of rotatable bonds is 4. The lowest BCUT2D eigenvalue weighted by Crippen LogP contribution is -2.22. The molecular formula is C20H36. The van der Waals surface area contributed by atoms with Crippen molar-refractivity contribution in [2.24, 2.45) is 29.6 Å². The van der Waals surface area contributed by atoms with E-state index in [9.17, 15) is 0 Å². The first kappa shape index (κ1) is 14.9. The predicted octanol–water partition coefficient (Wildman–Crippen LogP) is 6.59. The van der Waals surface area contributed by atoms with Gasteiger partial charge in [-0.2, -0.15) is 0 Å². The van der Waals surface area contributed by atoms with Crippen molar-refractivity contribution >= 4 is 0 Å². The summed E-state index contributed by atoms with van der Waals surface area (Å²) in [4.78, 5) is 0. The molecule has 0 aromatic rings. The Balaban J connectivity index is 1.35. The zero-order chi connectivity index (χ0) is 13.8. The summed E-state index contributed by atoms with van der Waals surface area (Å²) in [6.07, 6.45) is 21.7. The molecule has 0 amide bonds. The van der Waals surface area contributed by atoms with E-state index >= 15 is 0 Å². The maximum Gasteiger partial charge on any atom is -0.0386 e. The first-order chi connectivity index (χ1) is 9.83. The maximum atomic E-state index is 2.51. The van der Waals surface area contributed by atoms with Crippen LogP contribution in [0.4, 0.5) is 0 Å². The van der Waals surface area contributed by atoms with Crippen LogP contribution in [0.1, 0.15) is 96.8 Å². The molecule has 3 rings (SSSR count). The van der Waals surface area contributed by atoms with Gasteiger partial charge in [0.1, 0.15) is 0 Å². The van der Waals surface area contributed by atoms with Crippen molar-refractivity contribution in [3.63, 3.8) is 0 Å². The fourth-order valence-electron chi connectivity index (χ4n) is 5.65. The molecule has 0 nitrogen and oxygen atoms in total. The van der Waals surface area contributed by atoms with Crippen LogP contribution in [0.25, 0.3) is 0 Å². The molecule has 3 aliphatic rings. The summed E-state index contributed by atoms with van der Waals surface area (Å²) in [5, 5.41) is 0. The van der Waals surface area contributed by atoms with E-state index in [0.29, 0.717) is 0 Å². The smallest absolute Gasteiger partial charge is 0.0386 e. The fourth-order valence-corrected chi connectivity index (χ4v) is 5.65. The normalized spacial score (nSPS) is 40.0. The summed E-state index contributed by atoms with van der Waals surface area (Å²) in [5.74, 6) is 5.47. The molecule has 3 fully saturated rings. The summed E-state index contributed by atoms with van der Waals surface area (Å²) in [6, 6.07) is 0. The van der Waals surface area contributed by atoms with Crippen LogP contribution < -0.4 is 0 Å². The van der Waals surface area contributed by atoms with Crippen LogP contribution in [0.3, 0.4) is 0 Å². The topological polar surface area (TPSA) is 0 Å². The maximum absolute atomic E-state index is 2.51. The molecule has 0 heteroatoms. The highest BCUT2D eigenvalue weighted by Crippen LogP contribution is 2.42. The molecule has 0 heterocycles. The second-order valence-electron chi connectivity index (χ2n) is 8.42. The van der Waals surface area contributed by atoms with Crippen LogP contribution in [-0.4, -0.2) is 0 Å². The molecule has 2 unspecified atom stereocenters. The van der Waals surface area contributed by atoms with Gasteiger partial charge in [-0.3, -0.25) is 0 Å². The Kier molecular flexibility index (Phi) is 5.46. The van der Waals surface area contributed by atoms with Gasteiger partial charge in [0, 0.05) is 0 Å². The van der Waals surface area contributed by atoms with Crippen LogP contribution in [-0.2, 0) is 0 Å². The number of hydrogen-bond donors (Lipinski definition) is 0. The van der Waals surface area contributed by atoms with Crippen LogP contribution in [0.5, 0.6) is 0 Å². The van der Waals surface area contributed by atoms with E-state index in [2.05, 4.69) is 6.92 Å². The molecule has 3 aliphatic carbocycles. The third-order valence-corrected chi connectivity index (χ3v) is 7.19. The molecule has 0 aromatic heterocycles. The average Bonchev–Trinajstić information content (AvgIpc) is 3.01. The average molecular weight is 277 g/mol. The Hall–Kier alpha value is 0. The minimum absolute atomic E-state index is 1.03. The molecule has 0 radical (unpaired) electrons. The second kappa shape index (κ2) is 7.32. The third kappa shape index (κ3) is 3.80. The summed E-state index contributed by atoms with van der Waals surface area (Å²) >= 11 is 0. The van der Waals surface area contributed by atoms with Gasteiger partial charge in [-0.05, 0) is 48.9 Å². The molecule has 0 saturated heterocycles. The van der Waals surface area contributed by atoms with E-state index in [1.54, 1.807) is 57.8 Å². The van der Waals surface area contributed by atoms with Gasteiger partial charge in [-0.15, -0.1) is 0 Å². The van der Waals surface area contributed by atoms with E-state index in [-0.39, 0.29) is 0 Å². The van der Waals surface area contributed by atoms with E-state index in [0.717, 1.165) is 29.6 Å². The predicted molar refractivity (Wildman–Crippen MR) is 87.8 cm³/mol. The zero-order valence-corrected chi connectivity index (χ0v) is 13.8. The Morgan fingerprint density at radius 1 is 0.600 bits per heavy atom. The summed E-state index contributed by atoms with van der Waals surface area (Å²) in [5.41, 5.74) is 0. The van der Waals surface area contributed by atoms with Gasteiger partial charge in [0.2, 0.25) is 0 Å². The number of hydrogen-bond acceptors (Lipinski definition) is 0. The van der Waals surface area contributed by atoms with Gasteiger partial charge in [-0.1, -0.05) is 77.6 Å². The Labute approximate surface area is 127 Å². The van der Waals surface area contributed by atoms with Crippen LogP contribution in [0, 0.1) is 29.6 Å². The van der Waals surface area contributed by atoms with Crippen LogP contribution in [0.15, 0.2) is 0 Å². The molecule has 0 spiro atoms. The first-order valence-corrected chi connectivity index (χ1v) is 9.83. The van der Waals surface area contributed by atoms with Crippen molar-refractivity contribution < 1.29 is 0 Å². The van der Waals surface area contributed by atoms with Crippen molar-refractivity contribution in [2.45, 2.75) is 96.8 Å². The highest BCUT2D eigenvalue weighted by molar-refractivity contribution is 4.81. The van der Waals surface area contributed by atoms with Gasteiger partial charge in [-0.25, -0.2) is 0 Å². The van der Waals surface area contributed by atoms with E-state index in [1.807, 2.05) is 0 Å². The highest BCUT2D eigenvalue weighted by Gasteiger charge is 2.30. The Bertz CT molecular complexity index is 268. The van der Waals surface area contributed by atoms with E-state index < -0.39 is 0 Å². The largest absolute Gasteiger partial charge is 0.0622 e. The fraction of sp³-hybridized carbons (Fsp3) is 1.00. The van der Waals surface area contributed by atoms with Crippen molar-refractivity contribution in [3.05, 3.63) is 0 Å². The quantitative estimate of drug-likeness (QED) is 0.543. The summed E-state index contributed by atoms with van der Waals surface area (Å²) in [7, 11) is 0. The zero-order valence-electron chi connectivity index (χ0n) is 13.8. The molecule has 0 aromatic carbocycles. The summed E-state index contributed by atoms with van der Waals surface area (Å²) in [6.45, 7) is 2.51. The van der Waals surface area contributed by atoms with E-state index in [4.69, 9.17) is 0 Å². The molecule has 116 valence electrons. The van der Waals surface area contributed by atoms with Gasteiger partial charge < -0.3 is 0 Å². The van der Waals surface area contributed by atoms with Gasteiger partial charge in [0.05, 0.1) is 0 Å². The van der Waals surface area contributed by atoms with Crippen molar-refractivity contribution in [2.75, 3.05) is 0 Å². The molecule has 0 aliphatic heterocycles. The van der Waals surface area contributed by atoms with Gasteiger partial charge in [0.15, 0.2) is 0 Å². The van der Waals surface area contributed by atoms with Gasteiger partial charge >= 0.3 is 0 Å². The standard InChI is InChI=1S/C20H36/c1-16-6-2-3-7-18(16)13-10-17-11-14-20(15-12-17)19-8-4-5-9-19/h16-20H,2-15H2,1H3. The lowest BCUT2D eigenvalue weighted by atomic mass is 9.72. The molecule has 20 heavy (non-hydrogen) atoms. The summed E-state index contributed by atoms with van der Waals surface area (Å²) < 4.78 is 0. The first-order valence-electron chi connectivity index (χ1n) is 9.83. The molecule has 3 saturated carbocycles. The Morgan fingerprint density at radius 2 is 1.20 bits per heavy atom. The van der Waals surface area contributed by atoms with Crippen LogP contribution in [0.2, 0.25) is 0 Å². The van der Waals surface area contributed by atoms with Crippen molar-refractivity contribution in [1.29, 1.82) is 0 Å². The van der Waals surface area contributed by atoms with E-state index in [1.165, 1.54) is 32.1 Å². The minimum Gasteiger partial charge on any atom is -0.0622 e. The van der Waals surface area contributed by atoms with Gasteiger partial charge in [0.25, 0.3) is 0 Å². The van der Waals surface area contributed by atoms with Crippen molar-refractivity contribution in [1.82, 2.24) is 0 Å². The molecule has 0 N–H and O–H groups in total. The molecular weight excluding hydrogens is 240 g/mol. The lowest BCUT2D eigenvalue weighted by Gasteiger charge is -2.34. The van der Waals surface area contributed by atoms with Crippen molar-refractivity contribution in [3.8, 4) is 0 Å². The highest BCUT2D eigenvalue weighted by atomic mass is 14.4.